The summed E-state index contributed by atoms with van der Waals surface area (Å²) in [6, 6.07) is 0. The summed E-state index contributed by atoms with van der Waals surface area (Å²) in [5, 5.41) is 15.4. The van der Waals surface area contributed by atoms with Crippen LogP contribution in [0.4, 0.5) is 5.95 Å². The Morgan fingerprint density at radius 3 is 2.71 bits per heavy atom. The molecule has 2 aromatic rings. The highest BCUT2D eigenvalue weighted by atomic mass is 32.2. The zero-order valence-electron chi connectivity index (χ0n) is 12.9. The van der Waals surface area contributed by atoms with Gasteiger partial charge in [-0.3, -0.25) is 10.1 Å². The number of carbonyl (C=O) groups is 1. The Hall–Kier alpha value is -3.00. The molecular formula is C13H13N7O3S. The maximum atomic E-state index is 11.6. The maximum absolute atomic E-state index is 11.6. The van der Waals surface area contributed by atoms with Gasteiger partial charge in [0.15, 0.2) is 6.19 Å². The Morgan fingerprint density at radius 1 is 1.38 bits per heavy atom. The first kappa shape index (κ1) is 15.9. The Bertz CT molecular complexity index is 974. The molecule has 1 amide bonds. The van der Waals surface area contributed by atoms with Gasteiger partial charge in [0, 0.05) is 18.1 Å². The van der Waals surface area contributed by atoms with Crippen LogP contribution in [0.15, 0.2) is 12.4 Å². The van der Waals surface area contributed by atoms with E-state index in [-0.39, 0.29) is 11.9 Å². The number of nitrogens with zero attached hydrogens (tertiary/aromatic N) is 6. The van der Waals surface area contributed by atoms with Crippen molar-refractivity contribution in [1.29, 1.82) is 5.26 Å². The molecular weight excluding hydrogens is 334 g/mol. The normalized spacial score (nSPS) is 13.5. The van der Waals surface area contributed by atoms with Crippen LogP contribution < -0.4 is 5.32 Å². The van der Waals surface area contributed by atoms with Crippen LogP contribution >= 0.6 is 0 Å². The largest absolute Gasteiger partial charge is 0.300 e. The van der Waals surface area contributed by atoms with Crippen molar-refractivity contribution >= 4 is 21.9 Å². The molecule has 1 N–H and O–H groups in total. The van der Waals surface area contributed by atoms with E-state index >= 15 is 0 Å². The molecule has 10 nitrogen and oxygen atoms in total. The zero-order chi connectivity index (χ0) is 17.5. The van der Waals surface area contributed by atoms with Crippen LogP contribution in [0.1, 0.15) is 18.2 Å². The fourth-order valence-corrected chi connectivity index (χ4v) is 2.91. The summed E-state index contributed by atoms with van der Waals surface area (Å²) in [5.41, 5.74) is 2.22. The molecule has 0 unspecified atom stereocenters. The Labute approximate surface area is 137 Å². The molecule has 0 aromatic carbocycles. The molecule has 0 saturated heterocycles. The van der Waals surface area contributed by atoms with Crippen LogP contribution in [0.2, 0.25) is 0 Å². The van der Waals surface area contributed by atoms with Gasteiger partial charge in [-0.2, -0.15) is 14.4 Å². The highest BCUT2D eigenvalue weighted by Gasteiger charge is 2.26. The number of anilines is 1. The first-order valence-corrected chi connectivity index (χ1v) is 8.70. The van der Waals surface area contributed by atoms with E-state index in [1.165, 1.54) is 24.2 Å². The summed E-state index contributed by atoms with van der Waals surface area (Å²) < 4.78 is 24.0. The average Bonchev–Trinajstić information content (AvgIpc) is 3.11. The summed E-state index contributed by atoms with van der Waals surface area (Å²) in [4.78, 5) is 21.3. The molecule has 3 heterocycles. The van der Waals surface area contributed by atoms with Crippen LogP contribution in [-0.4, -0.2) is 44.6 Å². The van der Waals surface area contributed by atoms with Crippen molar-refractivity contribution in [2.45, 2.75) is 20.0 Å². The number of hydrogen-bond donors (Lipinski definition) is 1. The van der Waals surface area contributed by atoms with E-state index in [0.29, 0.717) is 35.6 Å². The standard InChI is InChI=1S/C13H13N7O3S/c1-8(21)16-13-17-11-6-19(7-14)5-10(11)12(18-13)9-3-15-20(4-9)24(2,22)23/h3-4H,5-6H2,1-2H3,(H,16,17,18,21). The topological polar surface area (TPSA) is 134 Å². The van der Waals surface area contributed by atoms with Gasteiger partial charge in [-0.1, -0.05) is 0 Å². The molecule has 0 aliphatic carbocycles. The molecule has 0 atom stereocenters. The summed E-state index contributed by atoms with van der Waals surface area (Å²) in [7, 11) is -3.52. The predicted molar refractivity (Wildman–Crippen MR) is 82.7 cm³/mol. The third-order valence-electron chi connectivity index (χ3n) is 3.38. The minimum atomic E-state index is -3.52. The fraction of sp³-hybridized carbons (Fsp3) is 0.308. The summed E-state index contributed by atoms with van der Waals surface area (Å²) in [5.74, 6) is -0.231. The molecule has 24 heavy (non-hydrogen) atoms. The van der Waals surface area contributed by atoms with E-state index in [4.69, 9.17) is 5.26 Å². The second-order valence-corrected chi connectivity index (χ2v) is 7.16. The highest BCUT2D eigenvalue weighted by Crippen LogP contribution is 2.31. The van der Waals surface area contributed by atoms with Crippen LogP contribution in [-0.2, 0) is 27.9 Å². The number of nitriles is 1. The maximum Gasteiger partial charge on any atom is 0.250 e. The lowest BCUT2D eigenvalue weighted by atomic mass is 10.1. The van der Waals surface area contributed by atoms with Gasteiger partial charge in [-0.05, 0) is 0 Å². The van der Waals surface area contributed by atoms with Crippen molar-refractivity contribution in [1.82, 2.24) is 24.1 Å². The molecule has 3 rings (SSSR count). The van der Waals surface area contributed by atoms with E-state index in [9.17, 15) is 13.2 Å². The molecule has 0 radical (unpaired) electrons. The number of hydrogen-bond acceptors (Lipinski definition) is 8. The minimum Gasteiger partial charge on any atom is -0.300 e. The number of rotatable bonds is 3. The van der Waals surface area contributed by atoms with Crippen molar-refractivity contribution < 1.29 is 13.2 Å². The SMILES string of the molecule is CC(=O)Nc1nc2c(c(-c3cnn(S(C)(=O)=O)c3)n1)CN(C#N)C2. The zero-order valence-corrected chi connectivity index (χ0v) is 13.7. The van der Waals surface area contributed by atoms with Gasteiger partial charge in [0.2, 0.25) is 11.9 Å². The van der Waals surface area contributed by atoms with Crippen LogP contribution in [0.3, 0.4) is 0 Å². The smallest absolute Gasteiger partial charge is 0.250 e. The first-order chi connectivity index (χ1) is 11.3. The number of nitrogens with one attached hydrogen (secondary N) is 1. The lowest BCUT2D eigenvalue weighted by molar-refractivity contribution is -0.114. The Morgan fingerprint density at radius 2 is 2.12 bits per heavy atom. The van der Waals surface area contributed by atoms with E-state index < -0.39 is 10.0 Å². The summed E-state index contributed by atoms with van der Waals surface area (Å²) >= 11 is 0. The minimum absolute atomic E-state index is 0.100. The van der Waals surface area contributed by atoms with Crippen LogP contribution in [0.25, 0.3) is 11.3 Å². The van der Waals surface area contributed by atoms with Gasteiger partial charge in [0.05, 0.1) is 43.1 Å². The third kappa shape index (κ3) is 2.91. The van der Waals surface area contributed by atoms with Crippen molar-refractivity contribution in [2.75, 3.05) is 11.6 Å². The lowest BCUT2D eigenvalue weighted by Gasteiger charge is -2.08. The monoisotopic (exact) mass is 347 g/mol. The van der Waals surface area contributed by atoms with Crippen molar-refractivity contribution in [3.63, 3.8) is 0 Å². The van der Waals surface area contributed by atoms with Crippen molar-refractivity contribution in [3.8, 4) is 17.5 Å². The molecule has 124 valence electrons. The van der Waals surface area contributed by atoms with Crippen LogP contribution in [0.5, 0.6) is 0 Å². The number of amides is 1. The second kappa shape index (κ2) is 5.57. The molecule has 11 heteroatoms. The van der Waals surface area contributed by atoms with Gasteiger partial charge >= 0.3 is 0 Å². The fourth-order valence-electron chi connectivity index (χ4n) is 2.39. The molecule has 0 fully saturated rings. The van der Waals surface area contributed by atoms with Crippen molar-refractivity contribution in [3.05, 3.63) is 23.7 Å². The highest BCUT2D eigenvalue weighted by molar-refractivity contribution is 7.89. The summed E-state index contributed by atoms with van der Waals surface area (Å²) in [6.07, 6.45) is 5.79. The molecule has 0 spiro atoms. The molecule has 0 bridgehead atoms. The second-order valence-electron chi connectivity index (χ2n) is 5.32. The van der Waals surface area contributed by atoms with E-state index in [0.717, 1.165) is 10.3 Å². The van der Waals surface area contributed by atoms with Gasteiger partial charge in [-0.25, -0.2) is 18.4 Å². The van der Waals surface area contributed by atoms with E-state index in [2.05, 4.69) is 20.4 Å². The van der Waals surface area contributed by atoms with Crippen molar-refractivity contribution in [2.24, 2.45) is 0 Å². The molecule has 0 saturated carbocycles. The van der Waals surface area contributed by atoms with Gasteiger partial charge in [-0.15, -0.1) is 0 Å². The van der Waals surface area contributed by atoms with E-state index in [1.54, 1.807) is 0 Å². The Balaban J connectivity index is 2.13. The quantitative estimate of drug-likeness (QED) is 0.761. The van der Waals surface area contributed by atoms with Crippen LogP contribution in [0, 0.1) is 11.5 Å². The van der Waals surface area contributed by atoms with Gasteiger partial charge in [0.25, 0.3) is 10.0 Å². The molecule has 1 aliphatic heterocycles. The lowest BCUT2D eigenvalue weighted by Crippen LogP contribution is -2.11. The van der Waals surface area contributed by atoms with E-state index in [1.807, 2.05) is 6.19 Å². The predicted octanol–water partition coefficient (Wildman–Crippen LogP) is -0.0971. The average molecular weight is 347 g/mol. The third-order valence-corrected chi connectivity index (χ3v) is 4.26. The molecule has 1 aliphatic rings. The number of aromatic nitrogens is 4. The molecule has 2 aromatic heterocycles. The summed E-state index contributed by atoms with van der Waals surface area (Å²) in [6.45, 7) is 1.94. The van der Waals surface area contributed by atoms with Gasteiger partial charge in [0.1, 0.15) is 0 Å². The first-order valence-electron chi connectivity index (χ1n) is 6.85. The number of carbonyl (C=O) groups excluding carboxylic acids is 1. The Kier molecular flexibility index (Phi) is 3.69. The van der Waals surface area contributed by atoms with Gasteiger partial charge < -0.3 is 4.90 Å². The number of fused-ring (bicyclic) bond motifs is 1.